The summed E-state index contributed by atoms with van der Waals surface area (Å²) in [6.45, 7) is 10.9. The monoisotopic (exact) mass is 347 g/mol. The van der Waals surface area contributed by atoms with Crippen LogP contribution >= 0.6 is 0 Å². The Morgan fingerprint density at radius 1 is 1.12 bits per heavy atom. The van der Waals surface area contributed by atoms with E-state index in [0.29, 0.717) is 19.4 Å². The van der Waals surface area contributed by atoms with Crippen LogP contribution in [0.3, 0.4) is 0 Å². The highest BCUT2D eigenvalue weighted by molar-refractivity contribution is 5.80. The van der Waals surface area contributed by atoms with Gasteiger partial charge in [0.15, 0.2) is 6.23 Å². The number of hydrogen-bond acceptors (Lipinski definition) is 4. The molecule has 1 aromatic carbocycles. The molecule has 25 heavy (non-hydrogen) atoms. The Bertz CT molecular complexity index is 654. The molecule has 1 unspecified atom stereocenters. The van der Waals surface area contributed by atoms with Crippen LogP contribution in [-0.2, 0) is 20.7 Å². The number of amides is 1. The molecule has 0 bridgehead atoms. The number of rotatable bonds is 4. The van der Waals surface area contributed by atoms with Crippen molar-refractivity contribution >= 4 is 12.1 Å². The van der Waals surface area contributed by atoms with Gasteiger partial charge < -0.3 is 14.4 Å². The summed E-state index contributed by atoms with van der Waals surface area (Å²) in [6, 6.07) is 2.13. The summed E-state index contributed by atoms with van der Waals surface area (Å²) in [6.07, 6.45) is 1.64. The molecule has 0 saturated carbocycles. The van der Waals surface area contributed by atoms with E-state index in [1.54, 1.807) is 11.8 Å². The van der Waals surface area contributed by atoms with Crippen molar-refractivity contribution in [2.45, 2.75) is 66.5 Å². The second kappa shape index (κ2) is 8.37. The number of piperidine rings is 1. The second-order valence-electron chi connectivity index (χ2n) is 6.75. The Morgan fingerprint density at radius 3 is 2.52 bits per heavy atom. The average molecular weight is 347 g/mol. The fourth-order valence-corrected chi connectivity index (χ4v) is 3.43. The second-order valence-corrected chi connectivity index (χ2v) is 6.75. The summed E-state index contributed by atoms with van der Waals surface area (Å²) in [7, 11) is 0. The van der Waals surface area contributed by atoms with Crippen molar-refractivity contribution in [3.8, 4) is 0 Å². The molecule has 5 nitrogen and oxygen atoms in total. The molecule has 0 radical (unpaired) electrons. The number of likely N-dealkylation sites (tertiary alicyclic amines) is 1. The summed E-state index contributed by atoms with van der Waals surface area (Å²) in [4.78, 5) is 26.2. The van der Waals surface area contributed by atoms with Gasteiger partial charge >= 0.3 is 6.16 Å². The number of nitrogens with zero attached hydrogens (tertiary/aromatic N) is 1. The van der Waals surface area contributed by atoms with Crippen molar-refractivity contribution in [1.82, 2.24) is 4.90 Å². The molecule has 138 valence electrons. The molecule has 1 saturated heterocycles. The molecule has 1 aromatic rings. The van der Waals surface area contributed by atoms with Gasteiger partial charge in [0.2, 0.25) is 5.91 Å². The molecule has 1 aliphatic heterocycles. The van der Waals surface area contributed by atoms with Crippen molar-refractivity contribution in [3.63, 3.8) is 0 Å². The molecule has 1 atom stereocenters. The van der Waals surface area contributed by atoms with Gasteiger partial charge in [-0.05, 0) is 75.3 Å². The van der Waals surface area contributed by atoms with E-state index in [2.05, 4.69) is 26.8 Å². The lowest BCUT2D eigenvalue weighted by Gasteiger charge is -2.35. The largest absolute Gasteiger partial charge is 0.510 e. The van der Waals surface area contributed by atoms with Gasteiger partial charge in [-0.1, -0.05) is 6.07 Å². The molecule has 0 aromatic heterocycles. The fraction of sp³-hybridized carbons (Fsp3) is 0.600. The summed E-state index contributed by atoms with van der Waals surface area (Å²) < 4.78 is 10.2. The summed E-state index contributed by atoms with van der Waals surface area (Å²) >= 11 is 0. The van der Waals surface area contributed by atoms with Gasteiger partial charge in [-0.2, -0.15) is 0 Å². The smallest absolute Gasteiger partial charge is 0.435 e. The van der Waals surface area contributed by atoms with Crippen LogP contribution in [0, 0.1) is 27.7 Å². The third kappa shape index (κ3) is 4.53. The topological polar surface area (TPSA) is 55.8 Å². The van der Waals surface area contributed by atoms with E-state index >= 15 is 0 Å². The van der Waals surface area contributed by atoms with Crippen LogP contribution in [0.4, 0.5) is 4.79 Å². The first kappa shape index (κ1) is 19.3. The molecule has 2 rings (SSSR count). The molecule has 0 spiro atoms. The molecular formula is C20H29NO4. The van der Waals surface area contributed by atoms with Gasteiger partial charge in [-0.25, -0.2) is 4.79 Å². The van der Waals surface area contributed by atoms with E-state index < -0.39 is 12.4 Å². The maximum absolute atomic E-state index is 12.9. The van der Waals surface area contributed by atoms with Gasteiger partial charge in [-0.15, -0.1) is 0 Å². The molecular weight excluding hydrogens is 318 g/mol. The fourth-order valence-electron chi connectivity index (χ4n) is 3.43. The Hall–Kier alpha value is -2.04. The van der Waals surface area contributed by atoms with Crippen molar-refractivity contribution in [2.75, 3.05) is 13.2 Å². The van der Waals surface area contributed by atoms with Crippen molar-refractivity contribution in [3.05, 3.63) is 33.9 Å². The lowest BCUT2D eigenvalue weighted by atomic mass is 9.92. The van der Waals surface area contributed by atoms with Crippen LogP contribution in [0.25, 0.3) is 0 Å². The van der Waals surface area contributed by atoms with Gasteiger partial charge in [-0.3, -0.25) is 4.79 Å². The minimum atomic E-state index is -0.703. The zero-order chi connectivity index (χ0) is 18.6. The number of carbonyl (C=O) groups is 2. The Balaban J connectivity index is 2.15. The molecule has 5 heteroatoms. The third-order valence-electron chi connectivity index (χ3n) is 5.11. The van der Waals surface area contributed by atoms with Crippen molar-refractivity contribution in [2.24, 2.45) is 0 Å². The van der Waals surface area contributed by atoms with E-state index in [0.717, 1.165) is 24.0 Å². The van der Waals surface area contributed by atoms with E-state index in [1.165, 1.54) is 16.7 Å². The quantitative estimate of drug-likeness (QED) is 0.773. The van der Waals surface area contributed by atoms with Crippen LogP contribution in [0.2, 0.25) is 0 Å². The van der Waals surface area contributed by atoms with E-state index in [-0.39, 0.29) is 12.5 Å². The number of hydrogen-bond donors (Lipinski definition) is 0. The Labute approximate surface area is 150 Å². The Kier molecular flexibility index (Phi) is 6.45. The number of ether oxygens (including phenoxy) is 2. The average Bonchev–Trinajstić information content (AvgIpc) is 2.57. The summed E-state index contributed by atoms with van der Waals surface area (Å²) in [5.74, 6) is 0.00320. The number of carbonyl (C=O) groups excluding carboxylic acids is 2. The predicted molar refractivity (Wildman–Crippen MR) is 96.6 cm³/mol. The van der Waals surface area contributed by atoms with Gasteiger partial charge in [0.05, 0.1) is 13.0 Å². The highest BCUT2D eigenvalue weighted by atomic mass is 16.7. The molecule has 1 amide bonds. The first-order valence-electron chi connectivity index (χ1n) is 9.04. The van der Waals surface area contributed by atoms with Crippen molar-refractivity contribution in [1.29, 1.82) is 0 Å². The van der Waals surface area contributed by atoms with Crippen molar-refractivity contribution < 1.29 is 19.1 Å². The summed E-state index contributed by atoms with van der Waals surface area (Å²) in [5.41, 5.74) is 5.85. The maximum atomic E-state index is 12.9. The predicted octanol–water partition coefficient (Wildman–Crippen LogP) is 3.97. The highest BCUT2D eigenvalue weighted by Crippen LogP contribution is 2.25. The normalized spacial score (nSPS) is 17.3. The van der Waals surface area contributed by atoms with Gasteiger partial charge in [0, 0.05) is 13.0 Å². The minimum Gasteiger partial charge on any atom is -0.435 e. The first-order valence-corrected chi connectivity index (χ1v) is 9.04. The third-order valence-corrected chi connectivity index (χ3v) is 5.11. The Morgan fingerprint density at radius 2 is 1.84 bits per heavy atom. The lowest BCUT2D eigenvalue weighted by Crippen LogP contribution is -2.46. The first-order chi connectivity index (χ1) is 11.8. The number of benzene rings is 1. The molecule has 0 N–H and O–H groups in total. The van der Waals surface area contributed by atoms with E-state index in [4.69, 9.17) is 9.47 Å². The van der Waals surface area contributed by atoms with Crippen LogP contribution in [-0.4, -0.2) is 36.3 Å². The molecule has 1 heterocycles. The van der Waals surface area contributed by atoms with E-state index in [9.17, 15) is 9.59 Å². The van der Waals surface area contributed by atoms with Crippen LogP contribution in [0.15, 0.2) is 6.07 Å². The highest BCUT2D eigenvalue weighted by Gasteiger charge is 2.30. The van der Waals surface area contributed by atoms with Crippen LogP contribution < -0.4 is 0 Å². The molecule has 1 aliphatic rings. The maximum Gasteiger partial charge on any atom is 0.510 e. The zero-order valence-electron chi connectivity index (χ0n) is 16.0. The van der Waals surface area contributed by atoms with Crippen LogP contribution in [0.5, 0.6) is 0 Å². The SMILES string of the molecule is CCOC(=O)OC1CCCCN1C(=O)Cc1c(C)cc(C)c(C)c1C. The summed E-state index contributed by atoms with van der Waals surface area (Å²) in [5, 5.41) is 0. The zero-order valence-corrected chi connectivity index (χ0v) is 16.0. The van der Waals surface area contributed by atoms with E-state index in [1.807, 2.05) is 6.92 Å². The van der Waals surface area contributed by atoms with Gasteiger partial charge in [0.1, 0.15) is 0 Å². The molecule has 0 aliphatic carbocycles. The van der Waals surface area contributed by atoms with Crippen LogP contribution in [0.1, 0.15) is 54.0 Å². The standard InChI is InChI=1S/C20H29NO4/c1-6-24-20(23)25-19-9-7-8-10-21(19)18(22)12-17-14(3)11-13(2)15(4)16(17)5/h11,19H,6-10,12H2,1-5H3. The lowest BCUT2D eigenvalue weighted by molar-refractivity contribution is -0.145. The molecule has 1 fully saturated rings. The van der Waals surface area contributed by atoms with Gasteiger partial charge in [0.25, 0.3) is 0 Å². The number of aryl methyl sites for hydroxylation is 2. The minimum absolute atomic E-state index is 0.00320.